The highest BCUT2D eigenvalue weighted by Crippen LogP contribution is 2.22. The fourth-order valence-electron chi connectivity index (χ4n) is 2.99. The van der Waals surface area contributed by atoms with E-state index in [2.05, 4.69) is 34.4 Å². The zero-order valence-electron chi connectivity index (χ0n) is 15.5. The summed E-state index contributed by atoms with van der Waals surface area (Å²) in [6.07, 6.45) is 2.28. The van der Waals surface area contributed by atoms with Gasteiger partial charge in [0.15, 0.2) is 5.96 Å². The lowest BCUT2D eigenvalue weighted by Gasteiger charge is -2.35. The van der Waals surface area contributed by atoms with E-state index in [1.54, 1.807) is 14.2 Å². The Labute approximate surface area is 173 Å². The van der Waals surface area contributed by atoms with Crippen LogP contribution in [0.2, 0.25) is 5.02 Å². The van der Waals surface area contributed by atoms with Crippen LogP contribution < -0.4 is 15.4 Å². The van der Waals surface area contributed by atoms with Crippen molar-refractivity contribution in [3.05, 3.63) is 28.8 Å². The SMILES string of the molecule is CN=C(NCc1ccc(Cl)cc1OC)NC1CCN(C(C)C)CC1.I. The van der Waals surface area contributed by atoms with Crippen molar-refractivity contribution in [2.75, 3.05) is 27.2 Å². The van der Waals surface area contributed by atoms with Gasteiger partial charge in [0.25, 0.3) is 0 Å². The van der Waals surface area contributed by atoms with E-state index in [1.807, 2.05) is 18.2 Å². The number of ether oxygens (including phenoxy) is 1. The molecule has 1 aromatic carbocycles. The van der Waals surface area contributed by atoms with Crippen molar-refractivity contribution in [3.63, 3.8) is 0 Å². The lowest BCUT2D eigenvalue weighted by molar-refractivity contribution is 0.167. The van der Waals surface area contributed by atoms with Gasteiger partial charge in [-0.25, -0.2) is 0 Å². The molecule has 0 amide bonds. The maximum absolute atomic E-state index is 6.01. The van der Waals surface area contributed by atoms with E-state index in [0.717, 1.165) is 43.2 Å². The number of hydrogen-bond acceptors (Lipinski definition) is 3. The van der Waals surface area contributed by atoms with Gasteiger partial charge in [-0.2, -0.15) is 0 Å². The molecule has 1 saturated heterocycles. The summed E-state index contributed by atoms with van der Waals surface area (Å²) in [6, 6.07) is 6.77. The molecule has 0 aliphatic carbocycles. The van der Waals surface area contributed by atoms with Crippen LogP contribution in [0.15, 0.2) is 23.2 Å². The highest BCUT2D eigenvalue weighted by molar-refractivity contribution is 14.0. The first-order valence-electron chi connectivity index (χ1n) is 8.57. The van der Waals surface area contributed by atoms with E-state index in [1.165, 1.54) is 0 Å². The number of guanidine groups is 1. The molecular weight excluding hydrogens is 451 g/mol. The Morgan fingerprint density at radius 3 is 2.60 bits per heavy atom. The van der Waals surface area contributed by atoms with Gasteiger partial charge < -0.3 is 20.3 Å². The van der Waals surface area contributed by atoms with Gasteiger partial charge in [-0.3, -0.25) is 4.99 Å². The number of nitrogens with one attached hydrogen (secondary N) is 2. The smallest absolute Gasteiger partial charge is 0.191 e. The molecule has 0 spiro atoms. The molecule has 0 unspecified atom stereocenters. The Hall–Kier alpha value is -0.730. The summed E-state index contributed by atoms with van der Waals surface area (Å²) in [5.74, 6) is 1.62. The highest BCUT2D eigenvalue weighted by atomic mass is 127. The Kier molecular flexibility index (Phi) is 9.89. The second kappa shape index (κ2) is 11.1. The molecule has 5 nitrogen and oxygen atoms in total. The van der Waals surface area contributed by atoms with Crippen LogP contribution >= 0.6 is 35.6 Å². The summed E-state index contributed by atoms with van der Waals surface area (Å²) in [7, 11) is 3.46. The molecule has 142 valence electrons. The Balaban J connectivity index is 0.00000312. The fraction of sp³-hybridized carbons (Fsp3) is 0.611. The van der Waals surface area contributed by atoms with Crippen molar-refractivity contribution in [1.82, 2.24) is 15.5 Å². The largest absolute Gasteiger partial charge is 0.496 e. The average Bonchev–Trinajstić information content (AvgIpc) is 2.59. The van der Waals surface area contributed by atoms with E-state index in [-0.39, 0.29) is 24.0 Å². The van der Waals surface area contributed by atoms with Gasteiger partial charge in [-0.15, -0.1) is 24.0 Å². The third-order valence-electron chi connectivity index (χ3n) is 4.52. The normalized spacial score (nSPS) is 16.5. The number of piperidine rings is 1. The molecule has 1 aliphatic rings. The van der Waals surface area contributed by atoms with E-state index in [9.17, 15) is 0 Å². The van der Waals surface area contributed by atoms with Crippen LogP contribution in [0, 0.1) is 0 Å². The lowest BCUT2D eigenvalue weighted by Crippen LogP contribution is -2.49. The molecule has 1 aliphatic heterocycles. The average molecular weight is 481 g/mol. The molecule has 2 rings (SSSR count). The standard InChI is InChI=1S/C18H29ClN4O.HI/c1-13(2)23-9-7-16(8-10-23)22-18(20-3)21-12-14-5-6-15(19)11-17(14)24-4;/h5-6,11,13,16H,7-10,12H2,1-4H3,(H2,20,21,22);1H. The Morgan fingerprint density at radius 2 is 2.04 bits per heavy atom. The second-order valence-electron chi connectivity index (χ2n) is 6.43. The van der Waals surface area contributed by atoms with Crippen LogP contribution in [0.1, 0.15) is 32.3 Å². The van der Waals surface area contributed by atoms with Gasteiger partial charge in [0.1, 0.15) is 5.75 Å². The van der Waals surface area contributed by atoms with Crippen molar-refractivity contribution in [3.8, 4) is 5.75 Å². The van der Waals surface area contributed by atoms with Crippen LogP contribution in [0.5, 0.6) is 5.75 Å². The van der Waals surface area contributed by atoms with Crippen LogP contribution in [-0.2, 0) is 6.54 Å². The minimum Gasteiger partial charge on any atom is -0.496 e. The van der Waals surface area contributed by atoms with Crippen molar-refractivity contribution in [1.29, 1.82) is 0 Å². The minimum atomic E-state index is 0. The number of nitrogens with zero attached hydrogens (tertiary/aromatic N) is 2. The number of benzene rings is 1. The predicted molar refractivity (Wildman–Crippen MR) is 116 cm³/mol. The zero-order valence-corrected chi connectivity index (χ0v) is 18.6. The van der Waals surface area contributed by atoms with E-state index in [0.29, 0.717) is 23.7 Å². The molecule has 1 fully saturated rings. The molecule has 7 heteroatoms. The Bertz CT molecular complexity index is 560. The van der Waals surface area contributed by atoms with E-state index < -0.39 is 0 Å². The van der Waals surface area contributed by atoms with Gasteiger partial charge in [0, 0.05) is 49.4 Å². The van der Waals surface area contributed by atoms with Crippen molar-refractivity contribution >= 4 is 41.5 Å². The molecule has 0 saturated carbocycles. The number of aliphatic imine (C=N–C) groups is 1. The summed E-state index contributed by atoms with van der Waals surface area (Å²) in [5, 5.41) is 7.57. The minimum absolute atomic E-state index is 0. The number of halogens is 2. The topological polar surface area (TPSA) is 48.9 Å². The first-order valence-corrected chi connectivity index (χ1v) is 8.95. The molecule has 25 heavy (non-hydrogen) atoms. The van der Waals surface area contributed by atoms with Gasteiger partial charge in [-0.05, 0) is 38.8 Å². The second-order valence-corrected chi connectivity index (χ2v) is 6.87. The van der Waals surface area contributed by atoms with Crippen LogP contribution in [-0.4, -0.2) is 50.2 Å². The molecule has 0 bridgehead atoms. The number of rotatable bonds is 5. The quantitative estimate of drug-likeness (QED) is 0.385. The van der Waals surface area contributed by atoms with Crippen molar-refractivity contribution < 1.29 is 4.74 Å². The summed E-state index contributed by atoms with van der Waals surface area (Å²) in [4.78, 5) is 6.86. The molecule has 1 heterocycles. The monoisotopic (exact) mass is 480 g/mol. The molecular formula is C18H30ClIN4O. The summed E-state index contributed by atoms with van der Waals surface area (Å²) in [5.41, 5.74) is 1.06. The van der Waals surface area contributed by atoms with E-state index >= 15 is 0 Å². The van der Waals surface area contributed by atoms with E-state index in [4.69, 9.17) is 16.3 Å². The van der Waals surface area contributed by atoms with Crippen molar-refractivity contribution in [2.45, 2.75) is 45.3 Å². The number of likely N-dealkylation sites (tertiary alicyclic amines) is 1. The number of methoxy groups -OCH3 is 1. The van der Waals surface area contributed by atoms with Crippen LogP contribution in [0.4, 0.5) is 0 Å². The maximum atomic E-state index is 6.01. The third kappa shape index (κ3) is 6.83. The molecule has 2 N–H and O–H groups in total. The van der Waals surface area contributed by atoms with Crippen LogP contribution in [0.25, 0.3) is 0 Å². The Morgan fingerprint density at radius 1 is 1.36 bits per heavy atom. The molecule has 0 aromatic heterocycles. The molecule has 0 atom stereocenters. The van der Waals surface area contributed by atoms with Gasteiger partial charge in [-0.1, -0.05) is 17.7 Å². The summed E-state index contributed by atoms with van der Waals surface area (Å²) >= 11 is 6.01. The first kappa shape index (κ1) is 22.3. The summed E-state index contributed by atoms with van der Waals surface area (Å²) in [6.45, 7) is 7.43. The van der Waals surface area contributed by atoms with Crippen molar-refractivity contribution in [2.24, 2.45) is 4.99 Å². The molecule has 0 radical (unpaired) electrons. The van der Waals surface area contributed by atoms with Gasteiger partial charge >= 0.3 is 0 Å². The fourth-order valence-corrected chi connectivity index (χ4v) is 3.15. The number of hydrogen-bond donors (Lipinski definition) is 2. The maximum Gasteiger partial charge on any atom is 0.191 e. The lowest BCUT2D eigenvalue weighted by atomic mass is 10.0. The van der Waals surface area contributed by atoms with Crippen LogP contribution in [0.3, 0.4) is 0 Å². The first-order chi connectivity index (χ1) is 11.5. The van der Waals surface area contributed by atoms with Gasteiger partial charge in [0.2, 0.25) is 0 Å². The predicted octanol–water partition coefficient (Wildman–Crippen LogP) is 3.50. The zero-order chi connectivity index (χ0) is 17.5. The van der Waals surface area contributed by atoms with Gasteiger partial charge in [0.05, 0.1) is 7.11 Å². The molecule has 1 aromatic rings. The third-order valence-corrected chi connectivity index (χ3v) is 4.75. The highest BCUT2D eigenvalue weighted by Gasteiger charge is 2.21. The summed E-state index contributed by atoms with van der Waals surface area (Å²) < 4.78 is 5.39.